The van der Waals surface area contributed by atoms with Crippen molar-refractivity contribution in [2.24, 2.45) is 0 Å². The van der Waals surface area contributed by atoms with E-state index < -0.39 is 6.10 Å². The van der Waals surface area contributed by atoms with Crippen LogP contribution in [0.1, 0.15) is 24.2 Å². The second-order valence-corrected chi connectivity index (χ2v) is 5.84. The topological polar surface area (TPSA) is 67.3 Å². The van der Waals surface area contributed by atoms with E-state index in [0.717, 1.165) is 33.6 Å². The van der Waals surface area contributed by atoms with E-state index in [-0.39, 0.29) is 6.04 Å². The number of ether oxygens (including phenoxy) is 1. The van der Waals surface area contributed by atoms with Crippen LogP contribution < -0.4 is 10.1 Å². The molecule has 2 atom stereocenters. The molecule has 5 heteroatoms. The fourth-order valence-corrected chi connectivity index (χ4v) is 2.78. The number of fused-ring (bicyclic) bond motifs is 1. The van der Waals surface area contributed by atoms with E-state index >= 15 is 0 Å². The van der Waals surface area contributed by atoms with Crippen molar-refractivity contribution in [1.82, 2.24) is 9.97 Å². The van der Waals surface area contributed by atoms with E-state index in [1.54, 1.807) is 7.11 Å². The van der Waals surface area contributed by atoms with Crippen LogP contribution in [0.25, 0.3) is 10.9 Å². The Balaban J connectivity index is 1.85. The Hall–Kier alpha value is -2.66. The normalized spacial score (nSPS) is 13.5. The lowest BCUT2D eigenvalue weighted by Gasteiger charge is -2.22. The molecule has 3 rings (SSSR count). The van der Waals surface area contributed by atoms with E-state index in [1.807, 2.05) is 56.3 Å². The summed E-state index contributed by atoms with van der Waals surface area (Å²) in [4.78, 5) is 8.66. The molecular weight excluding hydrogens is 302 g/mol. The largest absolute Gasteiger partial charge is 0.497 e. The van der Waals surface area contributed by atoms with Gasteiger partial charge in [0.2, 0.25) is 0 Å². The highest BCUT2D eigenvalue weighted by molar-refractivity contribution is 5.91. The molecular formula is C19H21N3O2. The first-order valence-corrected chi connectivity index (χ1v) is 7.89. The van der Waals surface area contributed by atoms with E-state index in [2.05, 4.69) is 15.3 Å². The quantitative estimate of drug-likeness (QED) is 0.752. The first-order valence-electron chi connectivity index (χ1n) is 7.89. The molecule has 0 aliphatic heterocycles. The number of anilines is 1. The SMILES string of the molecule is COc1ccc([C@@H](O)[C@@H](C)Nc2ncnc3cccc(C)c23)cc1. The highest BCUT2D eigenvalue weighted by Crippen LogP contribution is 2.26. The number of aliphatic hydroxyl groups is 1. The minimum absolute atomic E-state index is 0.212. The van der Waals surface area contributed by atoms with Gasteiger partial charge in [-0.3, -0.25) is 0 Å². The van der Waals surface area contributed by atoms with E-state index in [4.69, 9.17) is 4.74 Å². The Morgan fingerprint density at radius 3 is 2.54 bits per heavy atom. The van der Waals surface area contributed by atoms with E-state index in [1.165, 1.54) is 6.33 Å². The van der Waals surface area contributed by atoms with Crippen molar-refractivity contribution in [3.63, 3.8) is 0 Å². The van der Waals surface area contributed by atoms with Gasteiger partial charge in [-0.2, -0.15) is 0 Å². The van der Waals surface area contributed by atoms with Gasteiger partial charge in [0.1, 0.15) is 17.9 Å². The standard InChI is InChI=1S/C19H21N3O2/c1-12-5-4-6-16-17(12)19(21-11-20-16)22-13(2)18(23)14-7-9-15(24-3)10-8-14/h4-11,13,18,23H,1-3H3,(H,20,21,22)/t13-,18+/m1/s1. The molecule has 124 valence electrons. The third-order valence-electron chi connectivity index (χ3n) is 4.17. The smallest absolute Gasteiger partial charge is 0.137 e. The number of rotatable bonds is 5. The van der Waals surface area contributed by atoms with Crippen LogP contribution in [0.5, 0.6) is 5.75 Å². The molecule has 2 N–H and O–H groups in total. The van der Waals surface area contributed by atoms with Crippen LogP contribution >= 0.6 is 0 Å². The molecule has 0 fully saturated rings. The Morgan fingerprint density at radius 1 is 1.08 bits per heavy atom. The van der Waals surface area contributed by atoms with Crippen LogP contribution in [0.2, 0.25) is 0 Å². The van der Waals surface area contributed by atoms with Gasteiger partial charge >= 0.3 is 0 Å². The van der Waals surface area contributed by atoms with Gasteiger partial charge in [-0.15, -0.1) is 0 Å². The van der Waals surface area contributed by atoms with Crippen molar-refractivity contribution >= 4 is 16.7 Å². The first-order chi connectivity index (χ1) is 11.6. The van der Waals surface area contributed by atoms with Gasteiger partial charge in [-0.1, -0.05) is 24.3 Å². The third-order valence-corrected chi connectivity index (χ3v) is 4.17. The van der Waals surface area contributed by atoms with Crippen LogP contribution in [0.3, 0.4) is 0 Å². The van der Waals surface area contributed by atoms with Crippen LogP contribution in [0, 0.1) is 6.92 Å². The second kappa shape index (κ2) is 6.84. The molecule has 3 aromatic rings. The Bertz CT molecular complexity index is 828. The zero-order chi connectivity index (χ0) is 17.1. The summed E-state index contributed by atoms with van der Waals surface area (Å²) in [5.41, 5.74) is 2.81. The molecule has 0 saturated heterocycles. The number of aromatic nitrogens is 2. The number of methoxy groups -OCH3 is 1. The van der Waals surface area contributed by atoms with Crippen molar-refractivity contribution in [1.29, 1.82) is 0 Å². The Kier molecular flexibility index (Phi) is 4.62. The number of aliphatic hydroxyl groups excluding tert-OH is 1. The summed E-state index contributed by atoms with van der Waals surface area (Å²) in [7, 11) is 1.62. The fourth-order valence-electron chi connectivity index (χ4n) is 2.78. The number of hydrogen-bond acceptors (Lipinski definition) is 5. The van der Waals surface area contributed by atoms with Crippen LogP contribution in [-0.2, 0) is 0 Å². The maximum Gasteiger partial charge on any atom is 0.137 e. The Morgan fingerprint density at radius 2 is 1.83 bits per heavy atom. The van der Waals surface area contributed by atoms with Gasteiger partial charge in [-0.25, -0.2) is 9.97 Å². The highest BCUT2D eigenvalue weighted by atomic mass is 16.5. The molecule has 5 nitrogen and oxygen atoms in total. The second-order valence-electron chi connectivity index (χ2n) is 5.84. The predicted molar refractivity (Wildman–Crippen MR) is 95.3 cm³/mol. The summed E-state index contributed by atoms with van der Waals surface area (Å²) in [6.07, 6.45) is 0.876. The molecule has 24 heavy (non-hydrogen) atoms. The number of hydrogen-bond donors (Lipinski definition) is 2. The summed E-state index contributed by atoms with van der Waals surface area (Å²) >= 11 is 0. The summed E-state index contributed by atoms with van der Waals surface area (Å²) in [5, 5.41) is 14.9. The van der Waals surface area contributed by atoms with Crippen molar-refractivity contribution in [3.05, 3.63) is 59.9 Å². The van der Waals surface area contributed by atoms with Crippen molar-refractivity contribution in [2.75, 3.05) is 12.4 Å². The molecule has 1 heterocycles. The first kappa shape index (κ1) is 16.2. The molecule has 0 unspecified atom stereocenters. The summed E-state index contributed by atoms with van der Waals surface area (Å²) in [6, 6.07) is 13.2. The molecule has 0 bridgehead atoms. The molecule has 0 radical (unpaired) electrons. The number of aryl methyl sites for hydroxylation is 1. The molecule has 0 spiro atoms. The third kappa shape index (κ3) is 3.16. The van der Waals surface area contributed by atoms with Gasteiger partial charge in [0, 0.05) is 5.39 Å². The zero-order valence-electron chi connectivity index (χ0n) is 14.0. The molecule has 2 aromatic carbocycles. The highest BCUT2D eigenvalue weighted by Gasteiger charge is 2.18. The van der Waals surface area contributed by atoms with Gasteiger partial charge in [0.15, 0.2) is 0 Å². The van der Waals surface area contributed by atoms with E-state index in [0.29, 0.717) is 0 Å². The van der Waals surface area contributed by atoms with Gasteiger partial charge in [0.05, 0.1) is 24.8 Å². The van der Waals surface area contributed by atoms with Gasteiger partial charge < -0.3 is 15.2 Å². The molecule has 0 saturated carbocycles. The maximum absolute atomic E-state index is 10.6. The van der Waals surface area contributed by atoms with Crippen molar-refractivity contribution < 1.29 is 9.84 Å². The molecule has 0 aliphatic rings. The minimum atomic E-state index is -0.662. The summed E-state index contributed by atoms with van der Waals surface area (Å²) in [5.74, 6) is 1.50. The molecule has 1 aromatic heterocycles. The molecule has 0 amide bonds. The summed E-state index contributed by atoms with van der Waals surface area (Å²) in [6.45, 7) is 3.96. The predicted octanol–water partition coefficient (Wildman–Crippen LogP) is 3.48. The van der Waals surface area contributed by atoms with Crippen molar-refractivity contribution in [2.45, 2.75) is 26.0 Å². The Labute approximate surface area is 141 Å². The zero-order valence-corrected chi connectivity index (χ0v) is 14.0. The number of nitrogens with zero attached hydrogens (tertiary/aromatic N) is 2. The fraction of sp³-hybridized carbons (Fsp3) is 0.263. The van der Waals surface area contributed by atoms with Gasteiger partial charge in [-0.05, 0) is 43.2 Å². The lowest BCUT2D eigenvalue weighted by molar-refractivity contribution is 0.160. The maximum atomic E-state index is 10.6. The van der Waals surface area contributed by atoms with Crippen LogP contribution in [-0.4, -0.2) is 28.2 Å². The van der Waals surface area contributed by atoms with E-state index in [9.17, 15) is 5.11 Å². The lowest BCUT2D eigenvalue weighted by atomic mass is 10.0. The minimum Gasteiger partial charge on any atom is -0.497 e. The summed E-state index contributed by atoms with van der Waals surface area (Å²) < 4.78 is 5.15. The number of nitrogens with one attached hydrogen (secondary N) is 1. The average Bonchev–Trinajstić information content (AvgIpc) is 2.61. The lowest BCUT2D eigenvalue weighted by Crippen LogP contribution is -2.24. The monoisotopic (exact) mass is 323 g/mol. The van der Waals surface area contributed by atoms with Crippen molar-refractivity contribution in [3.8, 4) is 5.75 Å². The van der Waals surface area contributed by atoms with Crippen LogP contribution in [0.15, 0.2) is 48.8 Å². The van der Waals surface area contributed by atoms with Crippen LogP contribution in [0.4, 0.5) is 5.82 Å². The van der Waals surface area contributed by atoms with Gasteiger partial charge in [0.25, 0.3) is 0 Å². The number of benzene rings is 2. The molecule has 0 aliphatic carbocycles. The average molecular weight is 323 g/mol.